The third-order valence-corrected chi connectivity index (χ3v) is 4.11. The number of benzene rings is 1. The molecule has 116 valence electrons. The van der Waals surface area contributed by atoms with Crippen LogP contribution in [-0.2, 0) is 0 Å². The fourth-order valence-corrected chi connectivity index (χ4v) is 2.76. The molecule has 0 radical (unpaired) electrons. The van der Waals surface area contributed by atoms with Crippen LogP contribution in [0.2, 0.25) is 0 Å². The van der Waals surface area contributed by atoms with Crippen molar-refractivity contribution in [3.8, 4) is 11.5 Å². The first kappa shape index (κ1) is 15.8. The van der Waals surface area contributed by atoms with Crippen molar-refractivity contribution < 1.29 is 14.3 Å². The summed E-state index contributed by atoms with van der Waals surface area (Å²) in [5.74, 6) is 1.22. The van der Waals surface area contributed by atoms with E-state index in [4.69, 9.17) is 9.47 Å². The van der Waals surface area contributed by atoms with E-state index in [-0.39, 0.29) is 11.8 Å². The van der Waals surface area contributed by atoms with Crippen LogP contribution >= 0.6 is 0 Å². The van der Waals surface area contributed by atoms with Gasteiger partial charge in [0.15, 0.2) is 5.78 Å². The van der Waals surface area contributed by atoms with Crippen molar-refractivity contribution in [3.63, 3.8) is 0 Å². The molecule has 0 bridgehead atoms. The summed E-state index contributed by atoms with van der Waals surface area (Å²) in [6.45, 7) is 2.93. The number of Topliss-reactive ketones (excluding diaryl/α,β-unsaturated/α-hetero) is 1. The zero-order valence-electron chi connectivity index (χ0n) is 13.3. The molecule has 0 saturated carbocycles. The number of piperazine rings is 1. The van der Waals surface area contributed by atoms with E-state index in [9.17, 15) is 4.79 Å². The molecule has 1 aliphatic rings. The maximum atomic E-state index is 12.7. The van der Waals surface area contributed by atoms with Crippen LogP contribution in [0.15, 0.2) is 18.2 Å². The van der Waals surface area contributed by atoms with Crippen LogP contribution in [0.25, 0.3) is 0 Å². The van der Waals surface area contributed by atoms with Crippen molar-refractivity contribution in [2.45, 2.75) is 12.5 Å². The number of hydrogen-bond donors (Lipinski definition) is 0. The van der Waals surface area contributed by atoms with E-state index in [1.54, 1.807) is 26.4 Å². The molecule has 0 spiro atoms. The Morgan fingerprint density at radius 1 is 1.19 bits per heavy atom. The second kappa shape index (κ2) is 6.91. The minimum atomic E-state index is 0.0662. The van der Waals surface area contributed by atoms with Crippen molar-refractivity contribution >= 4 is 5.78 Å². The molecule has 1 saturated heterocycles. The predicted octanol–water partition coefficient (Wildman–Crippen LogP) is 1.52. The van der Waals surface area contributed by atoms with Crippen molar-refractivity contribution in [3.05, 3.63) is 23.8 Å². The highest BCUT2D eigenvalue weighted by molar-refractivity contribution is 6.01. The largest absolute Gasteiger partial charge is 0.496 e. The Balaban J connectivity index is 2.20. The van der Waals surface area contributed by atoms with Gasteiger partial charge in [-0.1, -0.05) is 6.07 Å². The van der Waals surface area contributed by atoms with E-state index in [1.165, 1.54) is 0 Å². The minimum absolute atomic E-state index is 0.0662. The van der Waals surface area contributed by atoms with E-state index in [0.29, 0.717) is 23.5 Å². The molecule has 1 aromatic carbocycles. The Labute approximate surface area is 126 Å². The average Bonchev–Trinajstić information content (AvgIpc) is 2.49. The molecule has 1 atom stereocenters. The highest BCUT2D eigenvalue weighted by Crippen LogP contribution is 2.30. The molecule has 1 aromatic rings. The van der Waals surface area contributed by atoms with Gasteiger partial charge < -0.3 is 19.3 Å². The van der Waals surface area contributed by atoms with Gasteiger partial charge >= 0.3 is 0 Å². The molecule has 5 heteroatoms. The van der Waals surface area contributed by atoms with Crippen molar-refractivity contribution in [1.82, 2.24) is 9.80 Å². The highest BCUT2D eigenvalue weighted by Gasteiger charge is 2.27. The van der Waals surface area contributed by atoms with E-state index in [0.717, 1.165) is 19.6 Å². The van der Waals surface area contributed by atoms with Gasteiger partial charge in [-0.25, -0.2) is 0 Å². The van der Waals surface area contributed by atoms with E-state index < -0.39 is 0 Å². The first-order chi connectivity index (χ1) is 10.1. The maximum Gasteiger partial charge on any atom is 0.171 e. The molecule has 0 N–H and O–H groups in total. The zero-order valence-corrected chi connectivity index (χ0v) is 13.3. The molecular weight excluding hydrogens is 268 g/mol. The topological polar surface area (TPSA) is 42.0 Å². The lowest BCUT2D eigenvalue weighted by molar-refractivity contribution is 0.0805. The van der Waals surface area contributed by atoms with Gasteiger partial charge in [-0.3, -0.25) is 4.79 Å². The number of nitrogens with zero attached hydrogens (tertiary/aromatic N) is 2. The molecule has 2 rings (SSSR count). The second-order valence-corrected chi connectivity index (χ2v) is 5.56. The van der Waals surface area contributed by atoms with Crippen molar-refractivity contribution in [2.75, 3.05) is 47.9 Å². The number of carbonyl (C=O) groups excluding carboxylic acids is 1. The normalized spacial score (nSPS) is 20.3. The smallest absolute Gasteiger partial charge is 0.171 e. The SMILES string of the molecule is COc1cccc(OC)c1C(=O)CC1CN(C)CCN1C. The van der Waals surface area contributed by atoms with Crippen LogP contribution in [0.4, 0.5) is 0 Å². The lowest BCUT2D eigenvalue weighted by Crippen LogP contribution is -2.50. The van der Waals surface area contributed by atoms with E-state index in [2.05, 4.69) is 23.9 Å². The van der Waals surface area contributed by atoms with Crippen LogP contribution in [0, 0.1) is 0 Å². The van der Waals surface area contributed by atoms with Crippen molar-refractivity contribution in [1.29, 1.82) is 0 Å². The van der Waals surface area contributed by atoms with Crippen LogP contribution in [0.1, 0.15) is 16.8 Å². The number of hydrogen-bond acceptors (Lipinski definition) is 5. The van der Waals surface area contributed by atoms with Crippen LogP contribution in [0.3, 0.4) is 0 Å². The Kier molecular flexibility index (Phi) is 5.20. The summed E-state index contributed by atoms with van der Waals surface area (Å²) in [5.41, 5.74) is 0.545. The molecule has 0 aliphatic carbocycles. The molecule has 0 aromatic heterocycles. The Bertz CT molecular complexity index is 482. The van der Waals surface area contributed by atoms with Gasteiger partial charge in [0.05, 0.1) is 14.2 Å². The van der Waals surface area contributed by atoms with Crippen LogP contribution in [0.5, 0.6) is 11.5 Å². The average molecular weight is 292 g/mol. The first-order valence-electron chi connectivity index (χ1n) is 7.19. The van der Waals surface area contributed by atoms with Gasteiger partial charge in [-0.2, -0.15) is 0 Å². The maximum absolute atomic E-state index is 12.7. The molecule has 0 amide bonds. The molecular formula is C16H24N2O3. The number of ether oxygens (including phenoxy) is 2. The Morgan fingerprint density at radius 2 is 1.81 bits per heavy atom. The lowest BCUT2D eigenvalue weighted by Gasteiger charge is -2.37. The molecule has 1 heterocycles. The first-order valence-corrected chi connectivity index (χ1v) is 7.19. The summed E-state index contributed by atoms with van der Waals surface area (Å²) in [6.07, 6.45) is 0.470. The fourth-order valence-electron chi connectivity index (χ4n) is 2.76. The van der Waals surface area contributed by atoms with Gasteiger partial charge in [0, 0.05) is 32.1 Å². The summed E-state index contributed by atoms with van der Waals surface area (Å²) in [6, 6.07) is 5.65. The minimum Gasteiger partial charge on any atom is -0.496 e. The van der Waals surface area contributed by atoms with Gasteiger partial charge in [-0.05, 0) is 26.2 Å². The van der Waals surface area contributed by atoms with Crippen molar-refractivity contribution in [2.24, 2.45) is 0 Å². The molecule has 5 nitrogen and oxygen atoms in total. The zero-order chi connectivity index (χ0) is 15.4. The Morgan fingerprint density at radius 3 is 2.38 bits per heavy atom. The number of rotatable bonds is 5. The number of ketones is 1. The van der Waals surface area contributed by atoms with Gasteiger partial charge in [0.2, 0.25) is 0 Å². The highest BCUT2D eigenvalue weighted by atomic mass is 16.5. The number of carbonyl (C=O) groups is 1. The Hall–Kier alpha value is -1.59. The fraction of sp³-hybridized carbons (Fsp3) is 0.562. The summed E-state index contributed by atoms with van der Waals surface area (Å²) in [4.78, 5) is 17.2. The van der Waals surface area contributed by atoms with Crippen LogP contribution < -0.4 is 9.47 Å². The van der Waals surface area contributed by atoms with E-state index >= 15 is 0 Å². The summed E-state index contributed by atoms with van der Waals surface area (Å²) in [7, 11) is 7.32. The van der Waals surface area contributed by atoms with E-state index in [1.807, 2.05) is 6.07 Å². The lowest BCUT2D eigenvalue weighted by atomic mass is 9.99. The van der Waals surface area contributed by atoms with Gasteiger partial charge in [0.1, 0.15) is 17.1 Å². The van der Waals surface area contributed by atoms with Gasteiger partial charge in [0.25, 0.3) is 0 Å². The molecule has 1 aliphatic heterocycles. The third-order valence-electron chi connectivity index (χ3n) is 4.11. The quantitative estimate of drug-likeness (QED) is 0.770. The van der Waals surface area contributed by atoms with Gasteiger partial charge in [-0.15, -0.1) is 0 Å². The predicted molar refractivity (Wildman–Crippen MR) is 82.4 cm³/mol. The summed E-state index contributed by atoms with van der Waals surface area (Å²) in [5, 5.41) is 0. The number of likely N-dealkylation sites (N-methyl/N-ethyl adjacent to an activating group) is 2. The number of methoxy groups -OCH3 is 2. The summed E-state index contributed by atoms with van der Waals surface area (Å²) < 4.78 is 10.6. The standard InChI is InChI=1S/C16H24N2O3/c1-17-8-9-18(2)12(11-17)10-13(19)16-14(20-3)6-5-7-15(16)21-4/h5-7,12H,8-11H2,1-4H3. The summed E-state index contributed by atoms with van der Waals surface area (Å²) >= 11 is 0. The third kappa shape index (κ3) is 3.54. The molecule has 1 unspecified atom stereocenters. The molecule has 21 heavy (non-hydrogen) atoms. The molecule has 1 fully saturated rings. The second-order valence-electron chi connectivity index (χ2n) is 5.56. The van der Waals surface area contributed by atoms with Crippen LogP contribution in [-0.4, -0.2) is 69.6 Å². The monoisotopic (exact) mass is 292 g/mol.